The van der Waals surface area contributed by atoms with Gasteiger partial charge in [0, 0.05) is 24.7 Å². The molecule has 0 unspecified atom stereocenters. The second-order valence-electron chi connectivity index (χ2n) is 7.90. The van der Waals surface area contributed by atoms with E-state index in [1.807, 2.05) is 0 Å². The number of piperazine rings is 1. The maximum absolute atomic E-state index is 12.8. The van der Waals surface area contributed by atoms with Gasteiger partial charge in [-0.2, -0.15) is 0 Å². The van der Waals surface area contributed by atoms with Gasteiger partial charge in [-0.25, -0.2) is 0 Å². The van der Waals surface area contributed by atoms with E-state index < -0.39 is 0 Å². The van der Waals surface area contributed by atoms with Crippen LogP contribution in [-0.2, 0) is 4.79 Å². The highest BCUT2D eigenvalue weighted by Gasteiger charge is 2.48. The molecule has 0 spiro atoms. The van der Waals surface area contributed by atoms with Gasteiger partial charge in [0.1, 0.15) is 0 Å². The third-order valence-electron chi connectivity index (χ3n) is 4.08. The molecule has 1 atom stereocenters. The standard InChI is InChI=1S/C15H28N2O/c1-14(2,3)12-13(18)16(11-7-8-11)9-10-17(12)15(4,5)6/h11-12H,7-10H2,1-6H3/t12-/m1/s1. The lowest BCUT2D eigenvalue weighted by atomic mass is 9.81. The average Bonchev–Trinajstić information content (AvgIpc) is 2.96. The zero-order chi connectivity index (χ0) is 13.7. The Balaban J connectivity index is 2.26. The highest BCUT2D eigenvalue weighted by Crippen LogP contribution is 2.37. The number of carbonyl (C=O) groups is 1. The SMILES string of the molecule is CC(C)(C)[C@H]1C(=O)N(C2CC2)CCN1C(C)(C)C. The minimum absolute atomic E-state index is 0.00206. The summed E-state index contributed by atoms with van der Waals surface area (Å²) in [4.78, 5) is 17.3. The van der Waals surface area contributed by atoms with Crippen molar-refractivity contribution in [3.05, 3.63) is 0 Å². The molecule has 18 heavy (non-hydrogen) atoms. The van der Waals surface area contributed by atoms with Gasteiger partial charge in [0.2, 0.25) is 5.91 Å². The number of hydrogen-bond donors (Lipinski definition) is 0. The summed E-state index contributed by atoms with van der Waals surface area (Å²) in [6.45, 7) is 15.1. The molecule has 3 nitrogen and oxygen atoms in total. The van der Waals surface area contributed by atoms with Crippen LogP contribution in [0, 0.1) is 5.41 Å². The Hall–Kier alpha value is -0.570. The zero-order valence-electron chi connectivity index (χ0n) is 12.8. The van der Waals surface area contributed by atoms with E-state index in [1.54, 1.807) is 0 Å². The smallest absolute Gasteiger partial charge is 0.240 e. The molecule has 2 aliphatic rings. The fourth-order valence-electron chi connectivity index (χ4n) is 3.05. The lowest BCUT2D eigenvalue weighted by Gasteiger charge is -2.51. The molecule has 0 aromatic carbocycles. The second-order valence-corrected chi connectivity index (χ2v) is 7.90. The van der Waals surface area contributed by atoms with Crippen molar-refractivity contribution < 1.29 is 4.79 Å². The van der Waals surface area contributed by atoms with Crippen molar-refractivity contribution in [3.8, 4) is 0 Å². The molecule has 0 aromatic heterocycles. The van der Waals surface area contributed by atoms with Crippen molar-refractivity contribution in [2.75, 3.05) is 13.1 Å². The first kappa shape index (κ1) is 13.9. The van der Waals surface area contributed by atoms with E-state index in [1.165, 1.54) is 12.8 Å². The van der Waals surface area contributed by atoms with E-state index in [4.69, 9.17) is 0 Å². The highest BCUT2D eigenvalue weighted by atomic mass is 16.2. The van der Waals surface area contributed by atoms with Gasteiger partial charge < -0.3 is 4.90 Å². The van der Waals surface area contributed by atoms with Crippen LogP contribution in [0.1, 0.15) is 54.4 Å². The van der Waals surface area contributed by atoms with Crippen molar-refractivity contribution in [1.29, 1.82) is 0 Å². The Morgan fingerprint density at radius 3 is 1.94 bits per heavy atom. The Morgan fingerprint density at radius 1 is 1.00 bits per heavy atom. The van der Waals surface area contributed by atoms with Gasteiger partial charge in [-0.3, -0.25) is 9.69 Å². The number of hydrogen-bond acceptors (Lipinski definition) is 2. The number of carbonyl (C=O) groups excluding carboxylic acids is 1. The fraction of sp³-hybridized carbons (Fsp3) is 0.933. The van der Waals surface area contributed by atoms with Crippen LogP contribution in [0.15, 0.2) is 0 Å². The lowest BCUT2D eigenvalue weighted by Crippen LogP contribution is -2.66. The second kappa shape index (κ2) is 4.22. The van der Waals surface area contributed by atoms with Crippen LogP contribution in [0.5, 0.6) is 0 Å². The summed E-state index contributed by atoms with van der Waals surface area (Å²) in [5.41, 5.74) is 0.0567. The molecule has 2 fully saturated rings. The first-order valence-electron chi connectivity index (χ1n) is 7.19. The first-order chi connectivity index (χ1) is 8.12. The third-order valence-corrected chi connectivity index (χ3v) is 4.08. The molecule has 1 aliphatic carbocycles. The molecule has 1 amide bonds. The van der Waals surface area contributed by atoms with Gasteiger partial charge in [0.05, 0.1) is 6.04 Å². The van der Waals surface area contributed by atoms with Crippen molar-refractivity contribution >= 4 is 5.91 Å². The van der Waals surface area contributed by atoms with E-state index in [0.717, 1.165) is 13.1 Å². The molecule has 0 radical (unpaired) electrons. The number of nitrogens with zero attached hydrogens (tertiary/aromatic N) is 2. The molecule has 1 heterocycles. The molecule has 0 N–H and O–H groups in total. The van der Waals surface area contributed by atoms with E-state index in [0.29, 0.717) is 11.9 Å². The fourth-order valence-corrected chi connectivity index (χ4v) is 3.05. The maximum Gasteiger partial charge on any atom is 0.240 e. The summed E-state index contributed by atoms with van der Waals surface area (Å²) in [5.74, 6) is 0.353. The van der Waals surface area contributed by atoms with Gasteiger partial charge in [-0.05, 0) is 39.0 Å². The van der Waals surface area contributed by atoms with Crippen molar-refractivity contribution in [2.45, 2.75) is 72.0 Å². The summed E-state index contributed by atoms with van der Waals surface area (Å²) < 4.78 is 0. The predicted molar refractivity (Wildman–Crippen MR) is 74.4 cm³/mol. The summed E-state index contributed by atoms with van der Waals surface area (Å²) in [6, 6.07) is 0.566. The van der Waals surface area contributed by atoms with Gasteiger partial charge >= 0.3 is 0 Å². The summed E-state index contributed by atoms with van der Waals surface area (Å²) >= 11 is 0. The number of rotatable bonds is 1. The monoisotopic (exact) mass is 252 g/mol. The van der Waals surface area contributed by atoms with Crippen molar-refractivity contribution in [2.24, 2.45) is 5.41 Å². The predicted octanol–water partition coefficient (Wildman–Crippen LogP) is 2.51. The van der Waals surface area contributed by atoms with Crippen LogP contribution >= 0.6 is 0 Å². The minimum atomic E-state index is -0.00206. The van der Waals surface area contributed by atoms with Gasteiger partial charge in [0.15, 0.2) is 0 Å². The van der Waals surface area contributed by atoms with E-state index in [9.17, 15) is 4.79 Å². The van der Waals surface area contributed by atoms with Crippen molar-refractivity contribution in [1.82, 2.24) is 9.80 Å². The van der Waals surface area contributed by atoms with Crippen LogP contribution in [0.2, 0.25) is 0 Å². The summed E-state index contributed by atoms with van der Waals surface area (Å²) in [7, 11) is 0. The zero-order valence-corrected chi connectivity index (χ0v) is 12.8. The quantitative estimate of drug-likeness (QED) is 0.716. The number of amides is 1. The molecular weight excluding hydrogens is 224 g/mol. The Kier molecular flexibility index (Phi) is 3.25. The molecule has 0 aromatic rings. The topological polar surface area (TPSA) is 23.6 Å². The van der Waals surface area contributed by atoms with Gasteiger partial charge in [-0.15, -0.1) is 0 Å². The van der Waals surface area contributed by atoms with Crippen LogP contribution in [-0.4, -0.2) is 46.4 Å². The van der Waals surface area contributed by atoms with Gasteiger partial charge in [-0.1, -0.05) is 20.8 Å². The molecule has 2 rings (SSSR count). The summed E-state index contributed by atoms with van der Waals surface area (Å²) in [6.07, 6.45) is 2.41. The van der Waals surface area contributed by atoms with Crippen LogP contribution in [0.25, 0.3) is 0 Å². The normalized spacial score (nSPS) is 27.8. The van der Waals surface area contributed by atoms with Crippen LogP contribution in [0.4, 0.5) is 0 Å². The first-order valence-corrected chi connectivity index (χ1v) is 7.19. The van der Waals surface area contributed by atoms with Crippen LogP contribution in [0.3, 0.4) is 0 Å². The Labute approximate surface area is 112 Å². The largest absolute Gasteiger partial charge is 0.337 e. The molecule has 1 saturated heterocycles. The molecular formula is C15H28N2O. The highest BCUT2D eigenvalue weighted by molar-refractivity contribution is 5.84. The Morgan fingerprint density at radius 2 is 1.56 bits per heavy atom. The molecule has 0 bridgehead atoms. The van der Waals surface area contributed by atoms with Crippen molar-refractivity contribution in [3.63, 3.8) is 0 Å². The summed E-state index contributed by atoms with van der Waals surface area (Å²) in [5, 5.41) is 0. The minimum Gasteiger partial charge on any atom is -0.337 e. The van der Waals surface area contributed by atoms with E-state index >= 15 is 0 Å². The lowest BCUT2D eigenvalue weighted by molar-refractivity contribution is -0.152. The van der Waals surface area contributed by atoms with E-state index in [2.05, 4.69) is 51.3 Å². The van der Waals surface area contributed by atoms with E-state index in [-0.39, 0.29) is 17.0 Å². The Bertz CT molecular complexity index is 333. The molecule has 1 aliphatic heterocycles. The average molecular weight is 252 g/mol. The maximum atomic E-state index is 12.8. The van der Waals surface area contributed by atoms with Gasteiger partial charge in [0.25, 0.3) is 0 Å². The molecule has 104 valence electrons. The van der Waals surface area contributed by atoms with Crippen LogP contribution < -0.4 is 0 Å². The molecule has 3 heteroatoms. The third kappa shape index (κ3) is 2.56. The molecule has 1 saturated carbocycles.